The molecule has 0 bridgehead atoms. The number of piperazine rings is 1. The molecular weight excluding hydrogens is 252 g/mol. The highest BCUT2D eigenvalue weighted by molar-refractivity contribution is 5.97. The topological polar surface area (TPSA) is 41.6 Å². The Kier molecular flexibility index (Phi) is 3.92. The van der Waals surface area contributed by atoms with E-state index in [0.29, 0.717) is 17.5 Å². The van der Waals surface area contributed by atoms with Gasteiger partial charge < -0.3 is 15.0 Å². The molecule has 1 saturated heterocycles. The smallest absolute Gasteiger partial charge is 0.257 e. The van der Waals surface area contributed by atoms with Crippen molar-refractivity contribution in [3.05, 3.63) is 29.8 Å². The first kappa shape index (κ1) is 13.4. The van der Waals surface area contributed by atoms with E-state index in [1.54, 1.807) is 0 Å². The number of carbonyl (C=O) groups is 1. The Balaban J connectivity index is 1.72. The molecule has 3 rings (SSSR count). The number of hydrogen-bond donors (Lipinski definition) is 1. The van der Waals surface area contributed by atoms with Crippen LogP contribution in [0.1, 0.15) is 30.1 Å². The van der Waals surface area contributed by atoms with Gasteiger partial charge in [-0.3, -0.25) is 4.79 Å². The van der Waals surface area contributed by atoms with Gasteiger partial charge in [0.15, 0.2) is 0 Å². The van der Waals surface area contributed by atoms with Crippen LogP contribution in [0.25, 0.3) is 0 Å². The average Bonchev–Trinajstić information content (AvgIpc) is 3.29. The molecule has 1 saturated carbocycles. The van der Waals surface area contributed by atoms with E-state index in [2.05, 4.69) is 12.2 Å². The largest absolute Gasteiger partial charge is 0.492 e. The number of ether oxygens (including phenoxy) is 1. The molecule has 1 N–H and O–H groups in total. The van der Waals surface area contributed by atoms with Gasteiger partial charge in [-0.2, -0.15) is 0 Å². The zero-order chi connectivity index (χ0) is 13.9. The van der Waals surface area contributed by atoms with E-state index in [9.17, 15) is 4.79 Å². The lowest BCUT2D eigenvalue weighted by atomic mass is 10.1. The van der Waals surface area contributed by atoms with Gasteiger partial charge >= 0.3 is 0 Å². The van der Waals surface area contributed by atoms with Crippen LogP contribution in [0.2, 0.25) is 0 Å². The second-order valence-corrected chi connectivity index (χ2v) is 5.86. The fourth-order valence-corrected chi connectivity index (χ4v) is 2.55. The number of benzene rings is 1. The van der Waals surface area contributed by atoms with Crippen LogP contribution in [0, 0.1) is 5.92 Å². The molecule has 1 atom stereocenters. The standard InChI is InChI=1S/C16H22N2O2/c1-12-10-18(9-8-17-12)16(19)14-4-2-3-5-15(14)20-11-13-6-7-13/h2-5,12-13,17H,6-11H2,1H3. The first-order valence-corrected chi connectivity index (χ1v) is 7.48. The monoisotopic (exact) mass is 274 g/mol. The van der Waals surface area contributed by atoms with Gasteiger partial charge in [0, 0.05) is 25.7 Å². The number of hydrogen-bond acceptors (Lipinski definition) is 3. The van der Waals surface area contributed by atoms with Crippen molar-refractivity contribution in [3.8, 4) is 5.75 Å². The Morgan fingerprint density at radius 1 is 1.40 bits per heavy atom. The molecule has 1 aliphatic heterocycles. The molecule has 1 heterocycles. The van der Waals surface area contributed by atoms with Crippen molar-refractivity contribution in [3.63, 3.8) is 0 Å². The summed E-state index contributed by atoms with van der Waals surface area (Å²) in [6.45, 7) is 5.23. The number of nitrogens with one attached hydrogen (secondary N) is 1. The van der Waals surface area contributed by atoms with Crippen molar-refractivity contribution in [2.24, 2.45) is 5.92 Å². The van der Waals surface area contributed by atoms with Crippen LogP contribution >= 0.6 is 0 Å². The number of carbonyl (C=O) groups excluding carboxylic acids is 1. The van der Waals surface area contributed by atoms with Gasteiger partial charge in [0.2, 0.25) is 0 Å². The minimum atomic E-state index is 0.0877. The van der Waals surface area contributed by atoms with Crippen LogP contribution in [0.3, 0.4) is 0 Å². The van der Waals surface area contributed by atoms with Gasteiger partial charge in [0.25, 0.3) is 5.91 Å². The van der Waals surface area contributed by atoms with Gasteiger partial charge in [0.1, 0.15) is 5.75 Å². The van der Waals surface area contributed by atoms with E-state index < -0.39 is 0 Å². The molecule has 0 radical (unpaired) electrons. The minimum absolute atomic E-state index is 0.0877. The minimum Gasteiger partial charge on any atom is -0.492 e. The highest BCUT2D eigenvalue weighted by atomic mass is 16.5. The summed E-state index contributed by atoms with van der Waals surface area (Å²) >= 11 is 0. The summed E-state index contributed by atoms with van der Waals surface area (Å²) in [5.41, 5.74) is 0.697. The van der Waals surface area contributed by atoms with Gasteiger partial charge in [0.05, 0.1) is 12.2 Å². The van der Waals surface area contributed by atoms with E-state index in [0.717, 1.165) is 32.0 Å². The highest BCUT2D eigenvalue weighted by Crippen LogP contribution is 2.30. The molecule has 1 aliphatic carbocycles. The lowest BCUT2D eigenvalue weighted by Gasteiger charge is -2.32. The molecule has 2 aliphatic rings. The van der Waals surface area contributed by atoms with E-state index in [4.69, 9.17) is 4.74 Å². The molecule has 4 heteroatoms. The number of nitrogens with zero attached hydrogens (tertiary/aromatic N) is 1. The third-order valence-electron chi connectivity index (χ3n) is 3.94. The Bertz CT molecular complexity index is 485. The Morgan fingerprint density at radius 3 is 2.95 bits per heavy atom. The number of para-hydroxylation sites is 1. The first-order chi connectivity index (χ1) is 9.74. The number of amides is 1. The maximum absolute atomic E-state index is 12.6. The summed E-state index contributed by atoms with van der Waals surface area (Å²) < 4.78 is 5.84. The van der Waals surface area contributed by atoms with Gasteiger partial charge in [-0.25, -0.2) is 0 Å². The van der Waals surface area contributed by atoms with Crippen LogP contribution < -0.4 is 10.1 Å². The molecule has 0 spiro atoms. The maximum atomic E-state index is 12.6. The van der Waals surface area contributed by atoms with Crippen LogP contribution in [-0.2, 0) is 0 Å². The maximum Gasteiger partial charge on any atom is 0.257 e. The van der Waals surface area contributed by atoms with Crippen molar-refractivity contribution in [1.29, 1.82) is 0 Å². The summed E-state index contributed by atoms with van der Waals surface area (Å²) in [6.07, 6.45) is 2.51. The van der Waals surface area contributed by atoms with Crippen molar-refractivity contribution in [2.75, 3.05) is 26.2 Å². The molecule has 0 aromatic heterocycles. The van der Waals surface area contributed by atoms with Crippen molar-refractivity contribution in [2.45, 2.75) is 25.8 Å². The summed E-state index contributed by atoms with van der Waals surface area (Å²) in [5.74, 6) is 1.51. The van der Waals surface area contributed by atoms with E-state index >= 15 is 0 Å². The van der Waals surface area contributed by atoms with Gasteiger partial charge in [-0.15, -0.1) is 0 Å². The molecule has 2 fully saturated rings. The Hall–Kier alpha value is -1.55. The third kappa shape index (κ3) is 3.12. The van der Waals surface area contributed by atoms with Crippen LogP contribution in [0.15, 0.2) is 24.3 Å². The second kappa shape index (κ2) is 5.83. The predicted molar refractivity (Wildman–Crippen MR) is 78.0 cm³/mol. The summed E-state index contributed by atoms with van der Waals surface area (Å²) in [6, 6.07) is 7.97. The van der Waals surface area contributed by atoms with Crippen molar-refractivity contribution in [1.82, 2.24) is 10.2 Å². The van der Waals surface area contributed by atoms with E-state index in [1.165, 1.54) is 12.8 Å². The molecule has 4 nitrogen and oxygen atoms in total. The molecule has 1 aromatic carbocycles. The van der Waals surface area contributed by atoms with Crippen molar-refractivity contribution < 1.29 is 9.53 Å². The molecule has 1 amide bonds. The number of rotatable bonds is 4. The van der Waals surface area contributed by atoms with Crippen LogP contribution in [-0.4, -0.2) is 43.1 Å². The molecule has 1 unspecified atom stereocenters. The Morgan fingerprint density at radius 2 is 2.20 bits per heavy atom. The first-order valence-electron chi connectivity index (χ1n) is 7.48. The second-order valence-electron chi connectivity index (χ2n) is 5.86. The fourth-order valence-electron chi connectivity index (χ4n) is 2.55. The molecular formula is C16H22N2O2. The molecule has 108 valence electrons. The van der Waals surface area contributed by atoms with Gasteiger partial charge in [-0.05, 0) is 37.8 Å². The lowest BCUT2D eigenvalue weighted by Crippen LogP contribution is -2.51. The zero-order valence-electron chi connectivity index (χ0n) is 12.0. The van der Waals surface area contributed by atoms with Crippen molar-refractivity contribution >= 4 is 5.91 Å². The summed E-state index contributed by atoms with van der Waals surface area (Å²) in [5, 5.41) is 3.36. The van der Waals surface area contributed by atoms with Gasteiger partial charge in [-0.1, -0.05) is 12.1 Å². The van der Waals surface area contributed by atoms with Crippen LogP contribution in [0.4, 0.5) is 0 Å². The zero-order valence-corrected chi connectivity index (χ0v) is 12.0. The average molecular weight is 274 g/mol. The highest BCUT2D eigenvalue weighted by Gasteiger charge is 2.26. The molecule has 20 heavy (non-hydrogen) atoms. The SMILES string of the molecule is CC1CN(C(=O)c2ccccc2OCC2CC2)CCN1. The molecule has 1 aromatic rings. The Labute approximate surface area is 120 Å². The normalized spacial score (nSPS) is 22.6. The van der Waals surface area contributed by atoms with E-state index in [1.807, 2.05) is 29.2 Å². The summed E-state index contributed by atoms with van der Waals surface area (Å²) in [7, 11) is 0. The quantitative estimate of drug-likeness (QED) is 0.912. The third-order valence-corrected chi connectivity index (χ3v) is 3.94. The van der Waals surface area contributed by atoms with Crippen LogP contribution in [0.5, 0.6) is 5.75 Å². The van der Waals surface area contributed by atoms with E-state index in [-0.39, 0.29) is 5.91 Å². The lowest BCUT2D eigenvalue weighted by molar-refractivity contribution is 0.0704. The predicted octanol–water partition coefficient (Wildman–Crippen LogP) is 1.91. The fraction of sp³-hybridized carbons (Fsp3) is 0.562. The summed E-state index contributed by atoms with van der Waals surface area (Å²) in [4.78, 5) is 14.6.